The predicted molar refractivity (Wildman–Crippen MR) is 77.4 cm³/mol. The Morgan fingerprint density at radius 1 is 1.33 bits per heavy atom. The highest BCUT2D eigenvalue weighted by molar-refractivity contribution is 5.75. The number of carbonyl (C=O) groups excluding carboxylic acids is 1. The van der Waals surface area contributed by atoms with Gasteiger partial charge in [0.2, 0.25) is 5.91 Å². The summed E-state index contributed by atoms with van der Waals surface area (Å²) in [5.74, 6) is 0.814. The van der Waals surface area contributed by atoms with Crippen LogP contribution in [0.5, 0.6) is 0 Å². The van der Waals surface area contributed by atoms with Gasteiger partial charge in [0.15, 0.2) is 5.82 Å². The third kappa shape index (κ3) is 4.68. The van der Waals surface area contributed by atoms with E-state index in [2.05, 4.69) is 15.5 Å². The highest BCUT2D eigenvalue weighted by Gasteiger charge is 2.09. The van der Waals surface area contributed by atoms with E-state index in [0.29, 0.717) is 31.3 Å². The lowest BCUT2D eigenvalue weighted by atomic mass is 10.1. The monoisotopic (exact) mass is 289 g/mol. The van der Waals surface area contributed by atoms with E-state index < -0.39 is 0 Å². The molecule has 6 heteroatoms. The molecule has 0 spiro atoms. The fourth-order valence-corrected chi connectivity index (χ4v) is 1.71. The summed E-state index contributed by atoms with van der Waals surface area (Å²) in [5, 5.41) is 6.58. The van der Waals surface area contributed by atoms with Crippen molar-refractivity contribution in [1.82, 2.24) is 15.5 Å². The van der Waals surface area contributed by atoms with Gasteiger partial charge in [0.25, 0.3) is 5.89 Å². The van der Waals surface area contributed by atoms with E-state index in [4.69, 9.17) is 9.26 Å². The number of hydrogen-bond acceptors (Lipinski definition) is 5. The van der Waals surface area contributed by atoms with Crippen molar-refractivity contribution in [3.05, 3.63) is 35.7 Å². The van der Waals surface area contributed by atoms with Crippen molar-refractivity contribution in [3.8, 4) is 11.5 Å². The van der Waals surface area contributed by atoms with E-state index in [9.17, 15) is 4.79 Å². The molecule has 1 amide bonds. The van der Waals surface area contributed by atoms with Crippen LogP contribution in [-0.2, 0) is 16.1 Å². The second kappa shape index (κ2) is 7.54. The zero-order valence-corrected chi connectivity index (χ0v) is 12.3. The Morgan fingerprint density at radius 2 is 2.10 bits per heavy atom. The van der Waals surface area contributed by atoms with Crippen LogP contribution in [0.2, 0.25) is 0 Å². The van der Waals surface area contributed by atoms with Crippen molar-refractivity contribution in [2.24, 2.45) is 0 Å². The molecule has 0 atom stereocenters. The van der Waals surface area contributed by atoms with E-state index >= 15 is 0 Å². The van der Waals surface area contributed by atoms with E-state index in [1.807, 2.05) is 38.1 Å². The molecule has 2 aromatic rings. The van der Waals surface area contributed by atoms with Gasteiger partial charge in [-0.3, -0.25) is 4.79 Å². The van der Waals surface area contributed by atoms with Crippen LogP contribution in [0, 0.1) is 6.92 Å². The van der Waals surface area contributed by atoms with Crippen LogP contribution in [0.3, 0.4) is 0 Å². The Morgan fingerprint density at radius 3 is 2.81 bits per heavy atom. The molecule has 1 aromatic carbocycles. The number of rotatable bonds is 7. The SMILES string of the molecule is CCOCCC(=O)NCc1noc(-c2ccc(C)cc2)n1. The summed E-state index contributed by atoms with van der Waals surface area (Å²) in [6.07, 6.45) is 0.330. The quantitative estimate of drug-likeness (QED) is 0.790. The zero-order chi connectivity index (χ0) is 15.1. The molecule has 0 saturated carbocycles. The number of nitrogens with one attached hydrogen (secondary N) is 1. The van der Waals surface area contributed by atoms with Crippen LogP contribution < -0.4 is 5.32 Å². The molecule has 0 aliphatic carbocycles. The summed E-state index contributed by atoms with van der Waals surface area (Å²) in [4.78, 5) is 15.8. The first-order valence-corrected chi connectivity index (χ1v) is 6.93. The van der Waals surface area contributed by atoms with Crippen LogP contribution in [0.15, 0.2) is 28.8 Å². The van der Waals surface area contributed by atoms with Crippen molar-refractivity contribution in [2.45, 2.75) is 26.8 Å². The standard InChI is InChI=1S/C15H19N3O3/c1-3-20-9-8-14(19)16-10-13-17-15(21-18-13)12-6-4-11(2)5-7-12/h4-7H,3,8-10H2,1-2H3,(H,16,19). The Bertz CT molecular complexity index is 578. The van der Waals surface area contributed by atoms with E-state index in [1.54, 1.807) is 0 Å². The van der Waals surface area contributed by atoms with Crippen molar-refractivity contribution in [3.63, 3.8) is 0 Å². The highest BCUT2D eigenvalue weighted by atomic mass is 16.5. The molecule has 0 radical (unpaired) electrons. The molecule has 0 fully saturated rings. The Labute approximate surface area is 123 Å². The average molecular weight is 289 g/mol. The van der Waals surface area contributed by atoms with Gasteiger partial charge in [-0.25, -0.2) is 0 Å². The van der Waals surface area contributed by atoms with E-state index in [1.165, 1.54) is 5.56 Å². The molecule has 0 aliphatic rings. The maximum absolute atomic E-state index is 11.5. The van der Waals surface area contributed by atoms with E-state index in [-0.39, 0.29) is 12.5 Å². The molecule has 0 saturated heterocycles. The normalized spacial score (nSPS) is 10.6. The molecule has 2 rings (SSSR count). The lowest BCUT2D eigenvalue weighted by molar-refractivity contribution is -0.122. The topological polar surface area (TPSA) is 77.2 Å². The summed E-state index contributed by atoms with van der Waals surface area (Å²) in [7, 11) is 0. The summed E-state index contributed by atoms with van der Waals surface area (Å²) in [6.45, 7) is 5.19. The fraction of sp³-hybridized carbons (Fsp3) is 0.400. The number of amides is 1. The molecule has 0 bridgehead atoms. The first kappa shape index (κ1) is 15.2. The van der Waals surface area contributed by atoms with Crippen LogP contribution >= 0.6 is 0 Å². The van der Waals surface area contributed by atoms with Gasteiger partial charge in [-0.2, -0.15) is 4.98 Å². The number of aromatic nitrogens is 2. The molecule has 1 aromatic heterocycles. The van der Waals surface area contributed by atoms with Gasteiger partial charge in [-0.15, -0.1) is 0 Å². The molecule has 0 unspecified atom stereocenters. The number of hydrogen-bond donors (Lipinski definition) is 1. The molecule has 1 N–H and O–H groups in total. The number of nitrogens with zero attached hydrogens (tertiary/aromatic N) is 2. The lowest BCUT2D eigenvalue weighted by Crippen LogP contribution is -2.24. The Hall–Kier alpha value is -2.21. The minimum atomic E-state index is -0.0925. The molecule has 112 valence electrons. The Kier molecular flexibility index (Phi) is 5.45. The van der Waals surface area contributed by atoms with Crippen LogP contribution in [0.4, 0.5) is 0 Å². The molecule has 6 nitrogen and oxygen atoms in total. The number of aryl methyl sites for hydroxylation is 1. The third-order valence-electron chi connectivity index (χ3n) is 2.89. The van der Waals surface area contributed by atoms with E-state index in [0.717, 1.165) is 5.56 Å². The maximum Gasteiger partial charge on any atom is 0.257 e. The van der Waals surface area contributed by atoms with Gasteiger partial charge in [-0.05, 0) is 26.0 Å². The molecule has 1 heterocycles. The third-order valence-corrected chi connectivity index (χ3v) is 2.89. The van der Waals surface area contributed by atoms with Gasteiger partial charge in [-0.1, -0.05) is 22.9 Å². The smallest absolute Gasteiger partial charge is 0.257 e. The van der Waals surface area contributed by atoms with Gasteiger partial charge in [0.05, 0.1) is 13.2 Å². The van der Waals surface area contributed by atoms with Crippen molar-refractivity contribution < 1.29 is 14.1 Å². The molecular formula is C15H19N3O3. The van der Waals surface area contributed by atoms with Crippen molar-refractivity contribution in [2.75, 3.05) is 13.2 Å². The zero-order valence-electron chi connectivity index (χ0n) is 12.3. The highest BCUT2D eigenvalue weighted by Crippen LogP contribution is 2.17. The van der Waals surface area contributed by atoms with Gasteiger partial charge in [0, 0.05) is 18.6 Å². The summed E-state index contributed by atoms with van der Waals surface area (Å²) in [6, 6.07) is 7.81. The number of benzene rings is 1. The van der Waals surface area contributed by atoms with Crippen LogP contribution in [0.1, 0.15) is 24.7 Å². The fourth-order valence-electron chi connectivity index (χ4n) is 1.71. The minimum Gasteiger partial charge on any atom is -0.381 e. The van der Waals surface area contributed by atoms with Gasteiger partial charge >= 0.3 is 0 Å². The second-order valence-electron chi connectivity index (χ2n) is 4.61. The molecular weight excluding hydrogens is 270 g/mol. The largest absolute Gasteiger partial charge is 0.381 e. The number of ether oxygens (including phenoxy) is 1. The van der Waals surface area contributed by atoms with Crippen molar-refractivity contribution in [1.29, 1.82) is 0 Å². The summed E-state index contributed by atoms with van der Waals surface area (Å²) < 4.78 is 10.3. The lowest BCUT2D eigenvalue weighted by Gasteiger charge is -2.02. The van der Waals surface area contributed by atoms with Crippen LogP contribution in [-0.4, -0.2) is 29.3 Å². The van der Waals surface area contributed by atoms with Crippen LogP contribution in [0.25, 0.3) is 11.5 Å². The maximum atomic E-state index is 11.5. The molecule has 21 heavy (non-hydrogen) atoms. The summed E-state index contributed by atoms with van der Waals surface area (Å²) >= 11 is 0. The predicted octanol–water partition coefficient (Wildman–Crippen LogP) is 2.09. The van der Waals surface area contributed by atoms with Gasteiger partial charge < -0.3 is 14.6 Å². The summed E-state index contributed by atoms with van der Waals surface area (Å²) in [5.41, 5.74) is 2.03. The first-order chi connectivity index (χ1) is 10.2. The Balaban J connectivity index is 1.86. The molecule has 0 aliphatic heterocycles. The average Bonchev–Trinajstić information content (AvgIpc) is 2.95. The van der Waals surface area contributed by atoms with Crippen molar-refractivity contribution >= 4 is 5.91 Å². The second-order valence-corrected chi connectivity index (χ2v) is 4.61. The minimum absolute atomic E-state index is 0.0925. The van der Waals surface area contributed by atoms with Gasteiger partial charge in [0.1, 0.15) is 0 Å². The number of carbonyl (C=O) groups is 1. The first-order valence-electron chi connectivity index (χ1n) is 6.93.